The molecule has 1 aromatic carbocycles. The first-order valence-electron chi connectivity index (χ1n) is 4.28. The first-order valence-corrected chi connectivity index (χ1v) is 7.35. The van der Waals surface area contributed by atoms with E-state index < -0.39 is 21.9 Å². The molecule has 10 heteroatoms. The van der Waals surface area contributed by atoms with Gasteiger partial charge < -0.3 is 4.74 Å². The zero-order valence-corrected chi connectivity index (χ0v) is 12.8. The molecule has 0 aromatic heterocycles. The maximum atomic E-state index is 13.0. The third-order valence-electron chi connectivity index (χ3n) is 1.70. The number of hydrogen-bond acceptors (Lipinski definition) is 4. The van der Waals surface area contributed by atoms with E-state index in [1.807, 2.05) is 0 Å². The first kappa shape index (κ1) is 15.3. The molecule has 0 atom stereocenters. The number of benzene rings is 1. The SMILES string of the molecule is COC(=O)NNS(=O)(=O)c1c(Br)cc(F)cc1Br. The van der Waals surface area contributed by atoms with Crippen LogP contribution in [0.3, 0.4) is 0 Å². The average molecular weight is 406 g/mol. The Morgan fingerprint density at radius 3 is 2.28 bits per heavy atom. The van der Waals surface area contributed by atoms with Crippen LogP contribution in [0.25, 0.3) is 0 Å². The Morgan fingerprint density at radius 2 is 1.83 bits per heavy atom. The molecule has 0 aliphatic carbocycles. The number of nitrogens with one attached hydrogen (secondary N) is 2. The van der Waals surface area contributed by atoms with E-state index in [2.05, 4.69) is 36.6 Å². The van der Waals surface area contributed by atoms with Crippen molar-refractivity contribution in [3.05, 3.63) is 26.9 Å². The minimum Gasteiger partial charge on any atom is -0.452 e. The summed E-state index contributed by atoms with van der Waals surface area (Å²) in [6.45, 7) is 0. The van der Waals surface area contributed by atoms with Crippen molar-refractivity contribution in [3.63, 3.8) is 0 Å². The molecule has 0 saturated carbocycles. The highest BCUT2D eigenvalue weighted by Gasteiger charge is 2.22. The van der Waals surface area contributed by atoms with Gasteiger partial charge in [0, 0.05) is 8.95 Å². The molecule has 0 spiro atoms. The van der Waals surface area contributed by atoms with E-state index in [0.717, 1.165) is 19.2 Å². The van der Waals surface area contributed by atoms with E-state index in [-0.39, 0.29) is 13.8 Å². The Balaban J connectivity index is 3.10. The number of halogens is 3. The van der Waals surface area contributed by atoms with Gasteiger partial charge in [0.2, 0.25) is 0 Å². The highest BCUT2D eigenvalue weighted by atomic mass is 79.9. The summed E-state index contributed by atoms with van der Waals surface area (Å²) in [5.74, 6) is -0.617. The lowest BCUT2D eigenvalue weighted by Crippen LogP contribution is -2.41. The van der Waals surface area contributed by atoms with Crippen molar-refractivity contribution in [2.24, 2.45) is 0 Å². The van der Waals surface area contributed by atoms with Crippen LogP contribution in [0.4, 0.5) is 9.18 Å². The smallest absolute Gasteiger partial charge is 0.422 e. The lowest BCUT2D eigenvalue weighted by molar-refractivity contribution is 0.169. The molecular weight excluding hydrogens is 399 g/mol. The van der Waals surface area contributed by atoms with Crippen LogP contribution in [0.2, 0.25) is 0 Å². The minimum absolute atomic E-state index is 0.00791. The number of amides is 1. The summed E-state index contributed by atoms with van der Waals surface area (Å²) in [6, 6.07) is 1.97. The summed E-state index contributed by atoms with van der Waals surface area (Å²) in [4.78, 5) is 12.3. The Labute approximate surface area is 119 Å². The molecule has 0 bridgehead atoms. The minimum atomic E-state index is -4.07. The van der Waals surface area contributed by atoms with Crippen molar-refractivity contribution in [3.8, 4) is 0 Å². The summed E-state index contributed by atoms with van der Waals surface area (Å²) in [6.07, 6.45) is -0.979. The van der Waals surface area contributed by atoms with Crippen molar-refractivity contribution in [2.45, 2.75) is 4.90 Å². The molecule has 1 aromatic rings. The van der Waals surface area contributed by atoms with Gasteiger partial charge in [-0.05, 0) is 44.0 Å². The fourth-order valence-corrected chi connectivity index (χ4v) is 4.36. The molecular formula is C8H7Br2FN2O4S. The molecule has 100 valence electrons. The lowest BCUT2D eigenvalue weighted by Gasteiger charge is -2.10. The zero-order chi connectivity index (χ0) is 13.9. The predicted octanol–water partition coefficient (Wildman–Crippen LogP) is 1.90. The summed E-state index contributed by atoms with van der Waals surface area (Å²) in [5, 5.41) is 0. The van der Waals surface area contributed by atoms with Crippen molar-refractivity contribution in [1.29, 1.82) is 0 Å². The Bertz CT molecular complexity index is 555. The maximum absolute atomic E-state index is 13.0. The Kier molecular flexibility index (Phi) is 5.08. The molecule has 18 heavy (non-hydrogen) atoms. The fraction of sp³-hybridized carbons (Fsp3) is 0.125. The van der Waals surface area contributed by atoms with Gasteiger partial charge in [-0.25, -0.2) is 23.0 Å². The van der Waals surface area contributed by atoms with Crippen LogP contribution in [0.15, 0.2) is 26.0 Å². The topological polar surface area (TPSA) is 84.5 Å². The molecule has 6 nitrogen and oxygen atoms in total. The van der Waals surface area contributed by atoms with Crippen molar-refractivity contribution < 1.29 is 22.3 Å². The molecule has 2 N–H and O–H groups in total. The number of carbonyl (C=O) groups excluding carboxylic acids is 1. The molecule has 1 rings (SSSR count). The van der Waals surface area contributed by atoms with Crippen molar-refractivity contribution in [1.82, 2.24) is 10.3 Å². The van der Waals surface area contributed by atoms with E-state index in [4.69, 9.17) is 0 Å². The number of ether oxygens (including phenoxy) is 1. The zero-order valence-electron chi connectivity index (χ0n) is 8.83. The number of rotatable bonds is 3. The van der Waals surface area contributed by atoms with Crippen LogP contribution >= 0.6 is 31.9 Å². The largest absolute Gasteiger partial charge is 0.452 e. The van der Waals surface area contributed by atoms with Crippen LogP contribution in [-0.4, -0.2) is 21.6 Å². The third-order valence-corrected chi connectivity index (χ3v) is 4.83. The normalized spacial score (nSPS) is 11.1. The summed E-state index contributed by atoms with van der Waals surface area (Å²) < 4.78 is 40.9. The highest BCUT2D eigenvalue weighted by molar-refractivity contribution is 9.11. The van der Waals surface area contributed by atoms with Gasteiger partial charge in [-0.1, -0.05) is 0 Å². The van der Waals surface area contributed by atoms with Gasteiger partial charge in [-0.3, -0.25) is 0 Å². The van der Waals surface area contributed by atoms with Gasteiger partial charge in [0.25, 0.3) is 10.0 Å². The van der Waals surface area contributed by atoms with Crippen LogP contribution in [-0.2, 0) is 14.8 Å². The van der Waals surface area contributed by atoms with Gasteiger partial charge in [-0.15, -0.1) is 4.83 Å². The summed E-state index contributed by atoms with van der Waals surface area (Å²) in [5.41, 5.74) is 1.81. The van der Waals surface area contributed by atoms with Gasteiger partial charge in [0.15, 0.2) is 0 Å². The van der Waals surface area contributed by atoms with E-state index >= 15 is 0 Å². The summed E-state index contributed by atoms with van der Waals surface area (Å²) >= 11 is 5.85. The van der Waals surface area contributed by atoms with Crippen molar-refractivity contribution >= 4 is 48.0 Å². The number of sulfonamides is 1. The van der Waals surface area contributed by atoms with Crippen LogP contribution < -0.4 is 10.3 Å². The molecule has 0 fully saturated rings. The number of methoxy groups -OCH3 is 1. The number of carbonyl (C=O) groups is 1. The second-order valence-corrected chi connectivity index (χ2v) is 6.25. The quantitative estimate of drug-likeness (QED) is 0.752. The average Bonchev–Trinajstić information content (AvgIpc) is 2.24. The Hall–Kier alpha value is -0.710. The van der Waals surface area contributed by atoms with Gasteiger partial charge in [-0.2, -0.15) is 0 Å². The maximum Gasteiger partial charge on any atom is 0.422 e. The molecule has 0 heterocycles. The standard InChI is InChI=1S/C8H7Br2FN2O4S/c1-17-8(14)12-13-18(15,16)7-5(9)2-4(11)3-6(7)10/h2-3,13H,1H3,(H,12,14). The second-order valence-electron chi connectivity index (χ2n) is 2.92. The molecule has 0 saturated heterocycles. The van der Waals surface area contributed by atoms with E-state index in [0.29, 0.717) is 0 Å². The van der Waals surface area contributed by atoms with Gasteiger partial charge >= 0.3 is 6.09 Å². The Morgan fingerprint density at radius 1 is 1.33 bits per heavy atom. The van der Waals surface area contributed by atoms with Crippen molar-refractivity contribution in [2.75, 3.05) is 7.11 Å². The monoisotopic (exact) mass is 404 g/mol. The van der Waals surface area contributed by atoms with Crippen LogP contribution in [0.5, 0.6) is 0 Å². The molecule has 0 aliphatic rings. The number of hydrazine groups is 1. The molecule has 0 aliphatic heterocycles. The van der Waals surface area contributed by atoms with Crippen LogP contribution in [0.1, 0.15) is 0 Å². The third kappa shape index (κ3) is 3.64. The molecule has 0 unspecified atom stereocenters. The number of hydrogen-bond donors (Lipinski definition) is 2. The predicted molar refractivity (Wildman–Crippen MR) is 67.7 cm³/mol. The van der Waals surface area contributed by atoms with E-state index in [1.54, 1.807) is 10.3 Å². The summed E-state index contributed by atoms with van der Waals surface area (Å²) in [7, 11) is -2.99. The lowest BCUT2D eigenvalue weighted by atomic mass is 10.3. The van der Waals surface area contributed by atoms with Gasteiger partial charge in [0.05, 0.1) is 7.11 Å². The van der Waals surface area contributed by atoms with Crippen LogP contribution in [0, 0.1) is 5.82 Å². The molecule has 1 amide bonds. The van der Waals surface area contributed by atoms with E-state index in [1.165, 1.54) is 0 Å². The van der Waals surface area contributed by atoms with Gasteiger partial charge in [0.1, 0.15) is 10.7 Å². The second kappa shape index (κ2) is 5.95. The molecule has 0 radical (unpaired) electrons. The highest BCUT2D eigenvalue weighted by Crippen LogP contribution is 2.30. The van der Waals surface area contributed by atoms with E-state index in [9.17, 15) is 17.6 Å². The fourth-order valence-electron chi connectivity index (χ4n) is 0.997. The first-order chi connectivity index (χ1) is 8.27.